The van der Waals surface area contributed by atoms with Crippen molar-refractivity contribution in [3.63, 3.8) is 0 Å². The molecule has 0 aromatic heterocycles. The predicted octanol–water partition coefficient (Wildman–Crippen LogP) is 1.26. The van der Waals surface area contributed by atoms with Gasteiger partial charge in [-0.15, -0.1) is 0 Å². The fourth-order valence-electron chi connectivity index (χ4n) is 2.73. The third-order valence-electron chi connectivity index (χ3n) is 3.52. The third-order valence-corrected chi connectivity index (χ3v) is 3.52. The van der Waals surface area contributed by atoms with E-state index in [1.807, 2.05) is 35.2 Å². The van der Waals surface area contributed by atoms with Gasteiger partial charge in [0, 0.05) is 30.7 Å². The van der Waals surface area contributed by atoms with Crippen LogP contribution in [-0.2, 0) is 0 Å². The zero-order chi connectivity index (χ0) is 11.0. The number of carbonyl (C=O) groups excluding carboxylic acids is 1. The Morgan fingerprint density at radius 2 is 1.75 bits per heavy atom. The molecule has 2 bridgehead atoms. The van der Waals surface area contributed by atoms with Gasteiger partial charge >= 0.3 is 0 Å². The summed E-state index contributed by atoms with van der Waals surface area (Å²) in [7, 11) is 0. The van der Waals surface area contributed by atoms with Gasteiger partial charge < -0.3 is 10.2 Å². The molecular formula is C13H16N2O. The lowest BCUT2D eigenvalue weighted by Gasteiger charge is -2.32. The molecule has 2 atom stereocenters. The van der Waals surface area contributed by atoms with Gasteiger partial charge in [0.2, 0.25) is 0 Å². The normalized spacial score (nSPS) is 28.1. The van der Waals surface area contributed by atoms with E-state index in [-0.39, 0.29) is 5.91 Å². The van der Waals surface area contributed by atoms with Crippen LogP contribution in [0.1, 0.15) is 23.2 Å². The van der Waals surface area contributed by atoms with Crippen LogP contribution in [0.25, 0.3) is 0 Å². The zero-order valence-electron chi connectivity index (χ0n) is 9.23. The van der Waals surface area contributed by atoms with Crippen molar-refractivity contribution >= 4 is 5.91 Å². The summed E-state index contributed by atoms with van der Waals surface area (Å²) in [5.41, 5.74) is 0.809. The average molecular weight is 216 g/mol. The highest BCUT2D eigenvalue weighted by atomic mass is 16.2. The number of nitrogens with zero attached hydrogens (tertiary/aromatic N) is 1. The van der Waals surface area contributed by atoms with Crippen molar-refractivity contribution in [1.29, 1.82) is 0 Å². The van der Waals surface area contributed by atoms with E-state index in [1.165, 1.54) is 12.8 Å². The fourth-order valence-corrected chi connectivity index (χ4v) is 2.73. The van der Waals surface area contributed by atoms with Gasteiger partial charge in [-0.3, -0.25) is 4.79 Å². The molecule has 0 saturated carbocycles. The number of hydrogen-bond donors (Lipinski definition) is 1. The summed E-state index contributed by atoms with van der Waals surface area (Å²) in [6.45, 7) is 1.73. The maximum Gasteiger partial charge on any atom is 0.253 e. The van der Waals surface area contributed by atoms with E-state index < -0.39 is 0 Å². The number of benzene rings is 1. The van der Waals surface area contributed by atoms with E-state index in [0.29, 0.717) is 12.1 Å². The molecule has 2 unspecified atom stereocenters. The highest BCUT2D eigenvalue weighted by Gasteiger charge is 2.34. The van der Waals surface area contributed by atoms with Crippen LogP contribution in [0, 0.1) is 0 Å². The molecule has 1 N–H and O–H groups in total. The Hall–Kier alpha value is -1.35. The first-order valence-corrected chi connectivity index (χ1v) is 5.93. The summed E-state index contributed by atoms with van der Waals surface area (Å²) in [5, 5.41) is 3.53. The lowest BCUT2D eigenvalue weighted by atomic mass is 10.1. The van der Waals surface area contributed by atoms with Crippen LogP contribution in [0.2, 0.25) is 0 Å². The van der Waals surface area contributed by atoms with Crippen molar-refractivity contribution in [2.75, 3.05) is 13.1 Å². The van der Waals surface area contributed by atoms with Crippen molar-refractivity contribution in [3.8, 4) is 0 Å². The molecule has 0 spiro atoms. The molecular weight excluding hydrogens is 200 g/mol. The second kappa shape index (κ2) is 3.91. The molecule has 3 nitrogen and oxygen atoms in total. The lowest BCUT2D eigenvalue weighted by Crippen LogP contribution is -2.53. The van der Waals surface area contributed by atoms with Crippen molar-refractivity contribution in [3.05, 3.63) is 35.9 Å². The van der Waals surface area contributed by atoms with E-state index in [4.69, 9.17) is 0 Å². The number of likely N-dealkylation sites (tertiary alicyclic amines) is 1. The quantitative estimate of drug-likeness (QED) is 0.766. The molecule has 2 heterocycles. The smallest absolute Gasteiger partial charge is 0.253 e. The van der Waals surface area contributed by atoms with E-state index in [2.05, 4.69) is 5.32 Å². The Labute approximate surface area is 95.4 Å². The van der Waals surface area contributed by atoms with E-state index >= 15 is 0 Å². The largest absolute Gasteiger partial charge is 0.336 e. The Morgan fingerprint density at radius 3 is 2.38 bits per heavy atom. The number of hydrogen-bond acceptors (Lipinski definition) is 2. The summed E-state index contributed by atoms with van der Waals surface area (Å²) in [4.78, 5) is 14.2. The molecule has 2 saturated heterocycles. The third kappa shape index (κ3) is 1.71. The van der Waals surface area contributed by atoms with Crippen molar-refractivity contribution in [2.45, 2.75) is 24.9 Å². The summed E-state index contributed by atoms with van der Waals surface area (Å²) in [5.74, 6) is 0.180. The molecule has 3 rings (SSSR count). The van der Waals surface area contributed by atoms with Gasteiger partial charge in [-0.05, 0) is 25.0 Å². The monoisotopic (exact) mass is 216 g/mol. The molecule has 84 valence electrons. The standard InChI is InChI=1S/C13H16N2O/c16-13(10-4-2-1-3-5-10)15-8-11-6-7-12(9-15)14-11/h1-5,11-12,14H,6-9H2. The summed E-state index contributed by atoms with van der Waals surface area (Å²) < 4.78 is 0. The van der Waals surface area contributed by atoms with Gasteiger partial charge in [-0.25, -0.2) is 0 Å². The van der Waals surface area contributed by atoms with Crippen LogP contribution in [0.3, 0.4) is 0 Å². The molecule has 0 aliphatic carbocycles. The average Bonchev–Trinajstić information content (AvgIpc) is 2.68. The molecule has 3 heteroatoms. The number of piperazine rings is 1. The molecule has 2 aliphatic rings. The Morgan fingerprint density at radius 1 is 1.12 bits per heavy atom. The predicted molar refractivity (Wildman–Crippen MR) is 62.3 cm³/mol. The number of nitrogens with one attached hydrogen (secondary N) is 1. The Kier molecular flexibility index (Phi) is 2.40. The second-order valence-corrected chi connectivity index (χ2v) is 4.71. The highest BCUT2D eigenvalue weighted by Crippen LogP contribution is 2.21. The first-order valence-electron chi connectivity index (χ1n) is 5.93. The van der Waals surface area contributed by atoms with Gasteiger partial charge in [0.05, 0.1) is 0 Å². The molecule has 16 heavy (non-hydrogen) atoms. The van der Waals surface area contributed by atoms with Gasteiger partial charge in [0.25, 0.3) is 5.91 Å². The van der Waals surface area contributed by atoms with Gasteiger partial charge in [0.1, 0.15) is 0 Å². The van der Waals surface area contributed by atoms with E-state index in [9.17, 15) is 4.79 Å². The highest BCUT2D eigenvalue weighted by molar-refractivity contribution is 5.94. The lowest BCUT2D eigenvalue weighted by molar-refractivity contribution is 0.0697. The number of rotatable bonds is 1. The minimum absolute atomic E-state index is 0.180. The van der Waals surface area contributed by atoms with Crippen LogP contribution in [0.5, 0.6) is 0 Å². The van der Waals surface area contributed by atoms with Crippen LogP contribution in [0.4, 0.5) is 0 Å². The first-order chi connectivity index (χ1) is 7.83. The maximum atomic E-state index is 12.2. The SMILES string of the molecule is O=C(c1ccccc1)N1CC2CCC(C1)N2. The number of carbonyl (C=O) groups is 1. The van der Waals surface area contributed by atoms with E-state index in [1.54, 1.807) is 0 Å². The molecule has 2 fully saturated rings. The molecule has 1 amide bonds. The summed E-state index contributed by atoms with van der Waals surface area (Å²) in [6.07, 6.45) is 2.42. The summed E-state index contributed by atoms with van der Waals surface area (Å²) >= 11 is 0. The Bertz CT molecular complexity index is 378. The van der Waals surface area contributed by atoms with Crippen molar-refractivity contribution in [1.82, 2.24) is 10.2 Å². The second-order valence-electron chi connectivity index (χ2n) is 4.71. The summed E-state index contributed by atoms with van der Waals surface area (Å²) in [6, 6.07) is 10.6. The van der Waals surface area contributed by atoms with Crippen LogP contribution < -0.4 is 5.32 Å². The molecule has 1 aromatic carbocycles. The van der Waals surface area contributed by atoms with Gasteiger partial charge in [-0.2, -0.15) is 0 Å². The topological polar surface area (TPSA) is 32.3 Å². The van der Waals surface area contributed by atoms with Crippen LogP contribution in [-0.4, -0.2) is 36.0 Å². The van der Waals surface area contributed by atoms with Crippen molar-refractivity contribution in [2.24, 2.45) is 0 Å². The molecule has 2 aliphatic heterocycles. The maximum absolute atomic E-state index is 12.2. The molecule has 0 radical (unpaired) electrons. The number of amides is 1. The van der Waals surface area contributed by atoms with Crippen LogP contribution in [0.15, 0.2) is 30.3 Å². The van der Waals surface area contributed by atoms with Crippen LogP contribution >= 0.6 is 0 Å². The fraction of sp³-hybridized carbons (Fsp3) is 0.462. The minimum atomic E-state index is 0.180. The number of fused-ring (bicyclic) bond motifs is 2. The van der Waals surface area contributed by atoms with Crippen molar-refractivity contribution < 1.29 is 4.79 Å². The van der Waals surface area contributed by atoms with E-state index in [0.717, 1.165) is 18.7 Å². The van der Waals surface area contributed by atoms with Gasteiger partial charge in [-0.1, -0.05) is 18.2 Å². The zero-order valence-corrected chi connectivity index (χ0v) is 9.23. The van der Waals surface area contributed by atoms with Gasteiger partial charge in [0.15, 0.2) is 0 Å². The Balaban J connectivity index is 1.76. The molecule has 1 aromatic rings. The first kappa shape index (κ1) is 9.85. The minimum Gasteiger partial charge on any atom is -0.336 e.